The number of sulfone groups is 1. The molecule has 0 spiro atoms. The molecule has 1 aliphatic rings. The molecule has 0 aliphatic carbocycles. The summed E-state index contributed by atoms with van der Waals surface area (Å²) >= 11 is 0. The van der Waals surface area contributed by atoms with Gasteiger partial charge in [0.05, 0.1) is 32.7 Å². The molecule has 0 saturated carbocycles. The molecule has 3 heterocycles. The second kappa shape index (κ2) is 11.4. The van der Waals surface area contributed by atoms with E-state index in [4.69, 9.17) is 18.9 Å². The zero-order valence-corrected chi connectivity index (χ0v) is 22.1. The van der Waals surface area contributed by atoms with Crippen LogP contribution in [0.15, 0.2) is 36.4 Å². The maximum absolute atomic E-state index is 13.6. The third-order valence-corrected chi connectivity index (χ3v) is 8.72. The van der Waals surface area contributed by atoms with E-state index in [1.807, 2.05) is 0 Å². The lowest BCUT2D eigenvalue weighted by atomic mass is 9.92. The highest BCUT2D eigenvalue weighted by atomic mass is 32.2. The Hall–Kier alpha value is -3.22. The number of benzene rings is 1. The molecule has 2 atom stereocenters. The number of pyridine rings is 1. The maximum atomic E-state index is 13.6. The quantitative estimate of drug-likeness (QED) is 0.415. The Kier molecular flexibility index (Phi) is 8.30. The van der Waals surface area contributed by atoms with Gasteiger partial charge in [0, 0.05) is 19.3 Å². The first-order chi connectivity index (χ1) is 17.8. The van der Waals surface area contributed by atoms with E-state index in [0.717, 1.165) is 0 Å². The minimum absolute atomic E-state index is 0.133. The van der Waals surface area contributed by atoms with Crippen molar-refractivity contribution in [1.29, 1.82) is 0 Å². The first-order valence-corrected chi connectivity index (χ1v) is 13.7. The van der Waals surface area contributed by atoms with Gasteiger partial charge in [0.15, 0.2) is 21.5 Å². The zero-order valence-electron chi connectivity index (χ0n) is 21.3. The van der Waals surface area contributed by atoms with Gasteiger partial charge >= 0.3 is 0 Å². The molecule has 12 heteroatoms. The van der Waals surface area contributed by atoms with Crippen molar-refractivity contribution in [2.24, 2.45) is 5.92 Å². The first-order valence-electron chi connectivity index (χ1n) is 11.9. The molecule has 1 fully saturated rings. The van der Waals surface area contributed by atoms with E-state index in [9.17, 15) is 13.5 Å². The molecule has 3 aromatic rings. The van der Waals surface area contributed by atoms with Crippen LogP contribution in [0.5, 0.6) is 17.4 Å². The second-order valence-corrected chi connectivity index (χ2v) is 11.2. The molecule has 2 aromatic heterocycles. The highest BCUT2D eigenvalue weighted by Gasteiger charge is 2.36. The normalized spacial score (nSPS) is 16.2. The Morgan fingerprint density at radius 3 is 2.30 bits per heavy atom. The van der Waals surface area contributed by atoms with Crippen molar-refractivity contribution in [2.75, 3.05) is 34.5 Å². The van der Waals surface area contributed by atoms with E-state index >= 15 is 0 Å². The standard InChI is InChI=1S/C25H32N4O7S/c1-16(24(30)17-11-13-36-14-12-17)37(31,32)15-21-27-28-25(18-7-5-10-22(26-18)35-4)29(21)23-19(33-2)8-6-9-20(23)34-3/h5-10,16-17,24,30H,11-15H2,1-4H3/t16-,24+/m0/s1. The molecule has 1 saturated heterocycles. The van der Waals surface area contributed by atoms with Gasteiger partial charge in [-0.25, -0.2) is 13.4 Å². The van der Waals surface area contributed by atoms with E-state index in [1.54, 1.807) is 41.0 Å². The Balaban J connectivity index is 1.81. The number of para-hydroxylation sites is 1. The summed E-state index contributed by atoms with van der Waals surface area (Å²) in [6.07, 6.45) is 0.202. The van der Waals surface area contributed by atoms with Gasteiger partial charge in [0.25, 0.3) is 0 Å². The highest BCUT2D eigenvalue weighted by molar-refractivity contribution is 7.91. The van der Waals surface area contributed by atoms with Gasteiger partial charge < -0.3 is 24.1 Å². The molecule has 11 nitrogen and oxygen atoms in total. The summed E-state index contributed by atoms with van der Waals surface area (Å²) in [5.41, 5.74) is 0.846. The Bertz CT molecular complexity index is 1300. The van der Waals surface area contributed by atoms with Crippen LogP contribution in [0.2, 0.25) is 0 Å². The highest BCUT2D eigenvalue weighted by Crippen LogP contribution is 2.37. The van der Waals surface area contributed by atoms with Crippen molar-refractivity contribution in [1.82, 2.24) is 19.7 Å². The van der Waals surface area contributed by atoms with Crippen molar-refractivity contribution in [3.05, 3.63) is 42.2 Å². The number of rotatable bonds is 10. The molecule has 1 aliphatic heterocycles. The lowest BCUT2D eigenvalue weighted by Crippen LogP contribution is -2.40. The van der Waals surface area contributed by atoms with Crippen LogP contribution >= 0.6 is 0 Å². The molecular weight excluding hydrogens is 500 g/mol. The van der Waals surface area contributed by atoms with E-state index in [2.05, 4.69) is 15.2 Å². The summed E-state index contributed by atoms with van der Waals surface area (Å²) in [5.74, 6) is 1.02. The SMILES string of the molecule is COc1cccc(-c2nnc(CS(=O)(=O)[C@@H](C)[C@@H](O)C3CCOCC3)n2-c2c(OC)cccc2OC)n1. The summed E-state index contributed by atoms with van der Waals surface area (Å²) in [4.78, 5) is 4.46. The molecule has 0 bridgehead atoms. The van der Waals surface area contributed by atoms with Gasteiger partial charge in [-0.15, -0.1) is 10.2 Å². The fraction of sp³-hybridized carbons (Fsp3) is 0.480. The largest absolute Gasteiger partial charge is 0.494 e. The van der Waals surface area contributed by atoms with Gasteiger partial charge in [-0.1, -0.05) is 12.1 Å². The average Bonchev–Trinajstić information content (AvgIpc) is 3.34. The Labute approximate surface area is 216 Å². The molecule has 200 valence electrons. The minimum atomic E-state index is -3.85. The van der Waals surface area contributed by atoms with Crippen LogP contribution in [-0.4, -0.2) is 79.2 Å². The predicted molar refractivity (Wildman–Crippen MR) is 136 cm³/mol. The van der Waals surface area contributed by atoms with Gasteiger partial charge in [-0.3, -0.25) is 4.57 Å². The number of hydrogen-bond acceptors (Lipinski definition) is 10. The minimum Gasteiger partial charge on any atom is -0.494 e. The summed E-state index contributed by atoms with van der Waals surface area (Å²) in [7, 11) is 0.667. The summed E-state index contributed by atoms with van der Waals surface area (Å²) in [6.45, 7) is 2.55. The monoisotopic (exact) mass is 532 g/mol. The summed E-state index contributed by atoms with van der Waals surface area (Å²) in [5, 5.41) is 18.5. The lowest BCUT2D eigenvalue weighted by Gasteiger charge is -2.30. The number of ether oxygens (including phenoxy) is 4. The van der Waals surface area contributed by atoms with Crippen molar-refractivity contribution in [2.45, 2.75) is 36.9 Å². The van der Waals surface area contributed by atoms with E-state index < -0.39 is 26.9 Å². The molecule has 0 amide bonds. The molecule has 0 unspecified atom stereocenters. The van der Waals surface area contributed by atoms with Gasteiger partial charge in [0.1, 0.15) is 28.6 Å². The molecule has 37 heavy (non-hydrogen) atoms. The number of methoxy groups -OCH3 is 3. The fourth-order valence-corrected chi connectivity index (χ4v) is 5.94. The number of aliphatic hydroxyl groups is 1. The summed E-state index contributed by atoms with van der Waals surface area (Å²) < 4.78 is 50.5. The second-order valence-electron chi connectivity index (χ2n) is 8.80. The van der Waals surface area contributed by atoms with Crippen molar-refractivity contribution >= 4 is 9.84 Å². The predicted octanol–water partition coefficient (Wildman–Crippen LogP) is 2.45. The Morgan fingerprint density at radius 2 is 1.68 bits per heavy atom. The topological polar surface area (TPSA) is 135 Å². The van der Waals surface area contributed by atoms with Crippen LogP contribution in [0.3, 0.4) is 0 Å². The first kappa shape index (κ1) is 26.8. The van der Waals surface area contributed by atoms with Crippen LogP contribution in [0, 0.1) is 5.92 Å². The van der Waals surface area contributed by atoms with E-state index in [-0.39, 0.29) is 17.6 Å². The smallest absolute Gasteiger partial charge is 0.213 e. The number of aliphatic hydroxyl groups excluding tert-OH is 1. The van der Waals surface area contributed by atoms with Crippen LogP contribution in [0.25, 0.3) is 17.2 Å². The van der Waals surface area contributed by atoms with Crippen LogP contribution in [-0.2, 0) is 20.3 Å². The van der Waals surface area contributed by atoms with Crippen LogP contribution in [0.1, 0.15) is 25.6 Å². The van der Waals surface area contributed by atoms with Crippen LogP contribution in [0.4, 0.5) is 0 Å². The number of hydrogen-bond donors (Lipinski definition) is 1. The van der Waals surface area contributed by atoms with Crippen molar-refractivity contribution in [3.63, 3.8) is 0 Å². The molecule has 0 radical (unpaired) electrons. The van der Waals surface area contributed by atoms with E-state index in [1.165, 1.54) is 28.3 Å². The molecular formula is C25H32N4O7S. The molecule has 1 N–H and O–H groups in total. The third-order valence-electron chi connectivity index (χ3n) is 6.64. The fourth-order valence-electron chi connectivity index (χ4n) is 4.48. The Morgan fingerprint density at radius 1 is 1.03 bits per heavy atom. The third kappa shape index (κ3) is 5.55. The van der Waals surface area contributed by atoms with E-state index in [0.29, 0.717) is 54.8 Å². The number of nitrogens with zero attached hydrogens (tertiary/aromatic N) is 4. The maximum Gasteiger partial charge on any atom is 0.213 e. The molecule has 1 aromatic carbocycles. The summed E-state index contributed by atoms with van der Waals surface area (Å²) in [6, 6.07) is 10.4. The lowest BCUT2D eigenvalue weighted by molar-refractivity contribution is 0.00813. The molecule has 4 rings (SSSR count). The van der Waals surface area contributed by atoms with Crippen LogP contribution < -0.4 is 14.2 Å². The van der Waals surface area contributed by atoms with Crippen molar-refractivity contribution < 1.29 is 32.5 Å². The average molecular weight is 533 g/mol. The van der Waals surface area contributed by atoms with Gasteiger partial charge in [-0.05, 0) is 43.9 Å². The van der Waals surface area contributed by atoms with Gasteiger partial charge in [-0.2, -0.15) is 0 Å². The zero-order chi connectivity index (χ0) is 26.6. The van der Waals surface area contributed by atoms with Gasteiger partial charge in [0.2, 0.25) is 5.88 Å². The van der Waals surface area contributed by atoms with Crippen molar-refractivity contribution in [3.8, 4) is 34.6 Å². The number of aromatic nitrogens is 4.